The lowest BCUT2D eigenvalue weighted by molar-refractivity contribution is -0.123. The molecule has 0 aliphatic carbocycles. The lowest BCUT2D eigenvalue weighted by atomic mass is 9.99. The van der Waals surface area contributed by atoms with Crippen molar-refractivity contribution in [3.63, 3.8) is 0 Å². The first-order valence-corrected chi connectivity index (χ1v) is 9.74. The van der Waals surface area contributed by atoms with Crippen molar-refractivity contribution in [3.8, 4) is 5.88 Å². The Balaban J connectivity index is 1.56. The quantitative estimate of drug-likeness (QED) is 0.610. The molecule has 1 amide bonds. The van der Waals surface area contributed by atoms with Crippen molar-refractivity contribution in [1.82, 2.24) is 20.1 Å². The highest BCUT2D eigenvalue weighted by Gasteiger charge is 2.16. The maximum atomic E-state index is 12.2. The van der Waals surface area contributed by atoms with Gasteiger partial charge in [-0.3, -0.25) is 4.79 Å². The normalized spacial score (nSPS) is 12.2. The molecule has 7 heteroatoms. The number of ether oxygens (including phenoxy) is 1. The molecule has 0 radical (unpaired) electrons. The lowest BCUT2D eigenvalue weighted by Gasteiger charge is -2.15. The van der Waals surface area contributed by atoms with Crippen LogP contribution in [0.25, 0.3) is 11.0 Å². The number of hydrogen-bond acceptors (Lipinski definition) is 5. The molecule has 7 nitrogen and oxygen atoms in total. The Labute approximate surface area is 170 Å². The minimum Gasteiger partial charge on any atom is -0.466 e. The van der Waals surface area contributed by atoms with Gasteiger partial charge >= 0.3 is 0 Å². The molecule has 0 saturated heterocycles. The third-order valence-corrected chi connectivity index (χ3v) is 4.92. The van der Waals surface area contributed by atoms with Gasteiger partial charge in [0.1, 0.15) is 0 Å². The van der Waals surface area contributed by atoms with Crippen LogP contribution in [0.5, 0.6) is 5.88 Å². The predicted molar refractivity (Wildman–Crippen MR) is 112 cm³/mol. The molecule has 2 aromatic heterocycles. The van der Waals surface area contributed by atoms with Crippen LogP contribution in [0, 0.1) is 26.7 Å². The van der Waals surface area contributed by atoms with Crippen LogP contribution in [0.2, 0.25) is 0 Å². The maximum absolute atomic E-state index is 12.2. The number of amides is 1. The fourth-order valence-corrected chi connectivity index (χ4v) is 3.35. The standard InChI is InChI=1S/C22H28N4O3/c1-14-5-7-17(8-6-14)10-18(12-27)11-23-19(28)13-29-22-20-15(2)9-16(3)24-21(20)26(4)25-22/h5-9,18,27H,10-13H2,1-4H3,(H,23,28)/t18-/m0/s1. The molecular formula is C22H28N4O3. The Hall–Kier alpha value is -2.93. The second kappa shape index (κ2) is 9.05. The Morgan fingerprint density at radius 2 is 1.97 bits per heavy atom. The minimum absolute atomic E-state index is 0.00407. The Morgan fingerprint density at radius 1 is 1.24 bits per heavy atom. The highest BCUT2D eigenvalue weighted by Crippen LogP contribution is 2.26. The molecule has 0 fully saturated rings. The molecule has 0 aliphatic heterocycles. The second-order valence-electron chi connectivity index (χ2n) is 7.54. The number of aliphatic hydroxyl groups excluding tert-OH is 1. The van der Waals surface area contributed by atoms with Crippen LogP contribution < -0.4 is 10.1 Å². The van der Waals surface area contributed by atoms with E-state index in [0.717, 1.165) is 27.9 Å². The third kappa shape index (κ3) is 5.12. The molecule has 2 N–H and O–H groups in total. The zero-order valence-electron chi connectivity index (χ0n) is 17.4. The molecular weight excluding hydrogens is 368 g/mol. The van der Waals surface area contributed by atoms with Crippen molar-refractivity contribution >= 4 is 16.9 Å². The van der Waals surface area contributed by atoms with E-state index in [1.165, 1.54) is 5.56 Å². The third-order valence-electron chi connectivity index (χ3n) is 4.92. The largest absolute Gasteiger partial charge is 0.466 e. The van der Waals surface area contributed by atoms with E-state index >= 15 is 0 Å². The number of aliphatic hydroxyl groups is 1. The van der Waals surface area contributed by atoms with Crippen LogP contribution >= 0.6 is 0 Å². The van der Waals surface area contributed by atoms with Gasteiger partial charge in [0.15, 0.2) is 12.3 Å². The average molecular weight is 396 g/mol. The predicted octanol–water partition coefficient (Wildman–Crippen LogP) is 2.24. The molecule has 29 heavy (non-hydrogen) atoms. The molecule has 0 unspecified atom stereocenters. The van der Waals surface area contributed by atoms with Gasteiger partial charge in [0.05, 0.1) is 5.39 Å². The van der Waals surface area contributed by atoms with Crippen LogP contribution in [0.3, 0.4) is 0 Å². The molecule has 154 valence electrons. The molecule has 3 rings (SSSR count). The van der Waals surface area contributed by atoms with E-state index in [-0.39, 0.29) is 25.0 Å². The summed E-state index contributed by atoms with van der Waals surface area (Å²) in [7, 11) is 1.80. The smallest absolute Gasteiger partial charge is 0.258 e. The van der Waals surface area contributed by atoms with Crippen LogP contribution in [-0.2, 0) is 18.3 Å². The van der Waals surface area contributed by atoms with Crippen molar-refractivity contribution < 1.29 is 14.6 Å². The number of carbonyl (C=O) groups is 1. The van der Waals surface area contributed by atoms with Crippen molar-refractivity contribution in [3.05, 3.63) is 52.7 Å². The molecule has 2 heterocycles. The Morgan fingerprint density at radius 3 is 2.66 bits per heavy atom. The monoisotopic (exact) mass is 396 g/mol. The average Bonchev–Trinajstić information content (AvgIpc) is 3.01. The number of pyridine rings is 1. The van der Waals surface area contributed by atoms with Gasteiger partial charge in [-0.1, -0.05) is 29.8 Å². The summed E-state index contributed by atoms with van der Waals surface area (Å²) in [6, 6.07) is 10.2. The molecule has 0 spiro atoms. The minimum atomic E-state index is -0.246. The van der Waals surface area contributed by atoms with Crippen molar-refractivity contribution in [2.75, 3.05) is 19.8 Å². The van der Waals surface area contributed by atoms with E-state index in [1.54, 1.807) is 11.7 Å². The van der Waals surface area contributed by atoms with E-state index in [4.69, 9.17) is 4.74 Å². The highest BCUT2D eigenvalue weighted by atomic mass is 16.5. The summed E-state index contributed by atoms with van der Waals surface area (Å²) in [5.41, 5.74) is 4.98. The SMILES string of the molecule is Cc1ccc(C[C@H](CO)CNC(=O)COc2nn(C)c3nc(C)cc(C)c23)cc1. The first kappa shape index (κ1) is 20.8. The lowest BCUT2D eigenvalue weighted by Crippen LogP contribution is -2.35. The first-order chi connectivity index (χ1) is 13.9. The van der Waals surface area contributed by atoms with Crippen LogP contribution in [0.1, 0.15) is 22.4 Å². The number of benzene rings is 1. The maximum Gasteiger partial charge on any atom is 0.258 e. The Bertz CT molecular complexity index is 995. The fourth-order valence-electron chi connectivity index (χ4n) is 3.35. The zero-order chi connectivity index (χ0) is 21.0. The fraction of sp³-hybridized carbons (Fsp3) is 0.409. The summed E-state index contributed by atoms with van der Waals surface area (Å²) in [4.78, 5) is 16.7. The summed E-state index contributed by atoms with van der Waals surface area (Å²) in [5, 5.41) is 17.6. The highest BCUT2D eigenvalue weighted by molar-refractivity contribution is 5.85. The van der Waals surface area contributed by atoms with Gasteiger partial charge in [-0.2, -0.15) is 0 Å². The number of aryl methyl sites for hydroxylation is 4. The van der Waals surface area contributed by atoms with Gasteiger partial charge in [-0.05, 0) is 44.4 Å². The number of rotatable bonds is 8. The van der Waals surface area contributed by atoms with Gasteiger partial charge in [-0.15, -0.1) is 5.10 Å². The number of carbonyl (C=O) groups excluding carboxylic acids is 1. The van der Waals surface area contributed by atoms with Gasteiger partial charge < -0.3 is 15.2 Å². The number of fused-ring (bicyclic) bond motifs is 1. The molecule has 0 bridgehead atoms. The topological polar surface area (TPSA) is 89.3 Å². The summed E-state index contributed by atoms with van der Waals surface area (Å²) in [5.74, 6) is 0.108. The first-order valence-electron chi connectivity index (χ1n) is 9.74. The number of hydrogen-bond donors (Lipinski definition) is 2. The van der Waals surface area contributed by atoms with Crippen molar-refractivity contribution in [1.29, 1.82) is 0 Å². The number of nitrogens with zero attached hydrogens (tertiary/aromatic N) is 3. The second-order valence-corrected chi connectivity index (χ2v) is 7.54. The van der Waals surface area contributed by atoms with E-state index in [9.17, 15) is 9.90 Å². The summed E-state index contributed by atoms with van der Waals surface area (Å²) >= 11 is 0. The van der Waals surface area contributed by atoms with E-state index in [0.29, 0.717) is 18.8 Å². The van der Waals surface area contributed by atoms with Crippen molar-refractivity contribution in [2.24, 2.45) is 13.0 Å². The van der Waals surface area contributed by atoms with Crippen molar-refractivity contribution in [2.45, 2.75) is 27.2 Å². The van der Waals surface area contributed by atoms with E-state index in [2.05, 4.69) is 15.4 Å². The summed E-state index contributed by atoms with van der Waals surface area (Å²) in [6.45, 7) is 6.20. The molecule has 1 aromatic carbocycles. The van der Waals surface area contributed by atoms with Gasteiger partial charge in [-0.25, -0.2) is 9.67 Å². The summed E-state index contributed by atoms with van der Waals surface area (Å²) < 4.78 is 7.33. The molecule has 1 atom stereocenters. The van der Waals surface area contributed by atoms with Gasteiger partial charge in [0.2, 0.25) is 5.88 Å². The van der Waals surface area contributed by atoms with Gasteiger partial charge in [0, 0.05) is 31.8 Å². The Kier molecular flexibility index (Phi) is 6.49. The molecule has 0 aliphatic rings. The van der Waals surface area contributed by atoms with E-state index < -0.39 is 0 Å². The summed E-state index contributed by atoms with van der Waals surface area (Å²) in [6.07, 6.45) is 0.701. The zero-order valence-corrected chi connectivity index (χ0v) is 17.4. The van der Waals surface area contributed by atoms with Crippen LogP contribution in [0.4, 0.5) is 0 Å². The van der Waals surface area contributed by atoms with Crippen LogP contribution in [0.15, 0.2) is 30.3 Å². The molecule has 0 saturated carbocycles. The van der Waals surface area contributed by atoms with Crippen LogP contribution in [-0.4, -0.2) is 45.5 Å². The number of aromatic nitrogens is 3. The number of nitrogens with one attached hydrogen (secondary N) is 1. The van der Waals surface area contributed by atoms with Gasteiger partial charge in [0.25, 0.3) is 5.91 Å². The molecule has 3 aromatic rings. The van der Waals surface area contributed by atoms with E-state index in [1.807, 2.05) is 51.1 Å².